The first kappa shape index (κ1) is 19.2. The van der Waals surface area contributed by atoms with E-state index in [1.165, 1.54) is 10.5 Å². The Morgan fingerprint density at radius 2 is 1.97 bits per heavy atom. The van der Waals surface area contributed by atoms with Gasteiger partial charge in [0.1, 0.15) is 0 Å². The van der Waals surface area contributed by atoms with Gasteiger partial charge in [0.05, 0.1) is 22.0 Å². The monoisotopic (exact) mass is 417 g/mol. The lowest BCUT2D eigenvalue weighted by Gasteiger charge is -2.13. The summed E-state index contributed by atoms with van der Waals surface area (Å²) < 4.78 is 40.2. The topological polar surface area (TPSA) is 72.2 Å². The van der Waals surface area contributed by atoms with Gasteiger partial charge in [-0.3, -0.25) is 14.2 Å². The number of benzene rings is 1. The minimum absolute atomic E-state index is 0.202. The van der Waals surface area contributed by atoms with Crippen molar-refractivity contribution in [3.8, 4) is 0 Å². The third-order valence-electron chi connectivity index (χ3n) is 4.25. The maximum absolute atomic E-state index is 13.0. The van der Waals surface area contributed by atoms with Crippen molar-refractivity contribution < 1.29 is 18.0 Å². The first-order valence-electron chi connectivity index (χ1n) is 8.56. The van der Waals surface area contributed by atoms with Gasteiger partial charge in [0.25, 0.3) is 0 Å². The molecule has 10 heteroatoms. The number of pyridine rings is 2. The Hall–Kier alpha value is -3.14. The smallest absolute Gasteiger partial charge is 0.324 e. The van der Waals surface area contributed by atoms with Gasteiger partial charge in [-0.1, -0.05) is 17.8 Å². The Balaban J connectivity index is 1.56. The Morgan fingerprint density at radius 1 is 1.14 bits per heavy atom. The lowest BCUT2D eigenvalue weighted by Crippen LogP contribution is -2.22. The Kier molecular flexibility index (Phi) is 4.87. The maximum atomic E-state index is 13.0. The van der Waals surface area contributed by atoms with E-state index in [0.717, 1.165) is 34.9 Å². The molecular formula is C19H14F3N5OS. The highest BCUT2D eigenvalue weighted by Crippen LogP contribution is 2.31. The molecule has 1 unspecified atom stereocenters. The minimum Gasteiger partial charge on any atom is -0.324 e. The SMILES string of the molecule is CC(Sc1nnc2ccc(C(F)(F)F)cn12)C(=O)Nc1cccc2ncccc12. The Bertz CT molecular complexity index is 1200. The van der Waals surface area contributed by atoms with Crippen LogP contribution < -0.4 is 5.32 Å². The number of nitrogens with one attached hydrogen (secondary N) is 1. The summed E-state index contributed by atoms with van der Waals surface area (Å²) in [4.78, 5) is 16.9. The number of hydrogen-bond donors (Lipinski definition) is 1. The zero-order valence-electron chi connectivity index (χ0n) is 15.0. The van der Waals surface area contributed by atoms with Gasteiger partial charge < -0.3 is 5.32 Å². The van der Waals surface area contributed by atoms with Crippen LogP contribution >= 0.6 is 11.8 Å². The fourth-order valence-corrected chi connectivity index (χ4v) is 3.61. The van der Waals surface area contributed by atoms with Crippen LogP contribution in [0.2, 0.25) is 0 Å². The van der Waals surface area contributed by atoms with Crippen LogP contribution in [-0.2, 0) is 11.0 Å². The molecule has 0 saturated heterocycles. The van der Waals surface area contributed by atoms with Crippen molar-refractivity contribution in [2.24, 2.45) is 0 Å². The van der Waals surface area contributed by atoms with Crippen molar-refractivity contribution in [1.82, 2.24) is 19.6 Å². The molecule has 0 aliphatic carbocycles. The lowest BCUT2D eigenvalue weighted by molar-refractivity contribution is -0.137. The highest BCUT2D eigenvalue weighted by atomic mass is 32.2. The van der Waals surface area contributed by atoms with Crippen LogP contribution in [0.4, 0.5) is 18.9 Å². The summed E-state index contributed by atoms with van der Waals surface area (Å²) in [6.45, 7) is 1.65. The standard InChI is InChI=1S/C19H14F3N5OS/c1-11(17(28)24-15-6-2-5-14-13(15)4-3-9-23-14)29-18-26-25-16-8-7-12(10-27(16)18)19(20,21)22/h2-11H,1H3,(H,24,28). The Morgan fingerprint density at radius 3 is 2.76 bits per heavy atom. The molecule has 0 aliphatic heterocycles. The molecule has 0 spiro atoms. The van der Waals surface area contributed by atoms with Gasteiger partial charge in [0.2, 0.25) is 5.91 Å². The quantitative estimate of drug-likeness (QED) is 0.498. The summed E-state index contributed by atoms with van der Waals surface area (Å²) in [5, 5.41) is 11.0. The number of aromatic nitrogens is 4. The second-order valence-corrected chi connectivity index (χ2v) is 7.56. The lowest BCUT2D eigenvalue weighted by atomic mass is 10.2. The van der Waals surface area contributed by atoms with Crippen LogP contribution in [-0.4, -0.2) is 30.7 Å². The summed E-state index contributed by atoms with van der Waals surface area (Å²) in [7, 11) is 0. The molecule has 6 nitrogen and oxygen atoms in total. The van der Waals surface area contributed by atoms with Crippen molar-refractivity contribution in [2.75, 3.05) is 5.32 Å². The molecule has 1 aromatic carbocycles. The first-order chi connectivity index (χ1) is 13.8. The number of hydrogen-bond acceptors (Lipinski definition) is 5. The molecule has 148 valence electrons. The number of thioether (sulfide) groups is 1. The number of fused-ring (bicyclic) bond motifs is 2. The molecule has 0 aliphatic rings. The third-order valence-corrected chi connectivity index (χ3v) is 5.31. The van der Waals surface area contributed by atoms with Gasteiger partial charge in [-0.25, -0.2) is 0 Å². The van der Waals surface area contributed by atoms with E-state index in [4.69, 9.17) is 0 Å². The van der Waals surface area contributed by atoms with E-state index in [1.807, 2.05) is 12.1 Å². The number of amides is 1. The summed E-state index contributed by atoms with van der Waals surface area (Å²) in [5.74, 6) is -0.310. The van der Waals surface area contributed by atoms with Gasteiger partial charge in [-0.2, -0.15) is 13.2 Å². The van der Waals surface area contributed by atoms with Crippen molar-refractivity contribution >= 4 is 39.9 Å². The van der Waals surface area contributed by atoms with E-state index in [2.05, 4.69) is 20.5 Å². The van der Waals surface area contributed by atoms with Crippen molar-refractivity contribution in [1.29, 1.82) is 0 Å². The minimum atomic E-state index is -4.48. The molecule has 1 atom stereocenters. The van der Waals surface area contributed by atoms with Crippen molar-refractivity contribution in [3.05, 3.63) is 60.4 Å². The number of carbonyl (C=O) groups excluding carboxylic acids is 1. The number of rotatable bonds is 4. The first-order valence-corrected chi connectivity index (χ1v) is 9.44. The number of carbonyl (C=O) groups is 1. The second kappa shape index (κ2) is 7.36. The second-order valence-electron chi connectivity index (χ2n) is 6.25. The van der Waals surface area contributed by atoms with Gasteiger partial charge >= 0.3 is 6.18 Å². The van der Waals surface area contributed by atoms with Gasteiger partial charge in [0.15, 0.2) is 10.8 Å². The van der Waals surface area contributed by atoms with Crippen LogP contribution in [0.25, 0.3) is 16.6 Å². The van der Waals surface area contributed by atoms with Crippen molar-refractivity contribution in [3.63, 3.8) is 0 Å². The van der Waals surface area contributed by atoms with Crippen LogP contribution in [0.3, 0.4) is 0 Å². The summed E-state index contributed by atoms with van der Waals surface area (Å²) >= 11 is 1.03. The van der Waals surface area contributed by atoms with Crippen LogP contribution in [0.15, 0.2) is 60.0 Å². The summed E-state index contributed by atoms with van der Waals surface area (Å²) in [6, 6.07) is 11.2. The average molecular weight is 417 g/mol. The van der Waals surface area contributed by atoms with E-state index in [0.29, 0.717) is 5.69 Å². The number of alkyl halides is 3. The fraction of sp³-hybridized carbons (Fsp3) is 0.158. The van der Waals surface area contributed by atoms with E-state index in [9.17, 15) is 18.0 Å². The highest BCUT2D eigenvalue weighted by molar-refractivity contribution is 8.00. The molecule has 0 saturated carbocycles. The molecule has 4 rings (SSSR count). The van der Waals surface area contributed by atoms with Crippen molar-refractivity contribution in [2.45, 2.75) is 23.5 Å². The normalized spacial score (nSPS) is 13.0. The third kappa shape index (κ3) is 3.88. The average Bonchev–Trinajstić information content (AvgIpc) is 3.09. The molecule has 1 N–H and O–H groups in total. The molecule has 3 aromatic heterocycles. The molecule has 0 bridgehead atoms. The van der Waals surface area contributed by atoms with E-state index in [-0.39, 0.29) is 16.7 Å². The molecular weight excluding hydrogens is 403 g/mol. The maximum Gasteiger partial charge on any atom is 0.417 e. The molecule has 0 fully saturated rings. The zero-order valence-corrected chi connectivity index (χ0v) is 15.8. The van der Waals surface area contributed by atoms with E-state index >= 15 is 0 Å². The molecule has 1 amide bonds. The number of halogens is 3. The van der Waals surface area contributed by atoms with Gasteiger partial charge in [-0.15, -0.1) is 10.2 Å². The number of anilines is 1. The molecule has 3 heterocycles. The molecule has 29 heavy (non-hydrogen) atoms. The predicted octanol–water partition coefficient (Wildman–Crippen LogP) is 4.42. The van der Waals surface area contributed by atoms with Crippen LogP contribution in [0.1, 0.15) is 12.5 Å². The number of nitrogens with zero attached hydrogens (tertiary/aromatic N) is 4. The molecule has 0 radical (unpaired) electrons. The van der Waals surface area contributed by atoms with Crippen LogP contribution in [0.5, 0.6) is 0 Å². The van der Waals surface area contributed by atoms with Gasteiger partial charge in [-0.05, 0) is 43.3 Å². The molecule has 4 aromatic rings. The van der Waals surface area contributed by atoms with Gasteiger partial charge in [0, 0.05) is 17.8 Å². The van der Waals surface area contributed by atoms with E-state index in [1.54, 1.807) is 31.3 Å². The van der Waals surface area contributed by atoms with Crippen LogP contribution in [0, 0.1) is 0 Å². The van der Waals surface area contributed by atoms with E-state index < -0.39 is 17.0 Å². The Labute approximate surface area is 167 Å². The summed E-state index contributed by atoms with van der Waals surface area (Å²) in [5.41, 5.74) is 0.812. The summed E-state index contributed by atoms with van der Waals surface area (Å²) in [6.07, 6.45) is -1.89. The fourth-order valence-electron chi connectivity index (χ4n) is 2.78. The highest BCUT2D eigenvalue weighted by Gasteiger charge is 2.31. The zero-order chi connectivity index (χ0) is 20.6. The largest absolute Gasteiger partial charge is 0.417 e. The predicted molar refractivity (Wildman–Crippen MR) is 104 cm³/mol.